The first-order chi connectivity index (χ1) is 17.5. The van der Waals surface area contributed by atoms with Gasteiger partial charge in [-0.15, -0.1) is 0 Å². The molecule has 5 aliphatic rings. The van der Waals surface area contributed by atoms with E-state index in [1.807, 2.05) is 20.8 Å². The Kier molecular flexibility index (Phi) is 6.39. The number of methoxy groups -OCH3 is 1. The Morgan fingerprint density at radius 1 is 0.921 bits per heavy atom. The van der Waals surface area contributed by atoms with Crippen LogP contribution in [0.2, 0.25) is 0 Å². The van der Waals surface area contributed by atoms with Crippen LogP contribution in [0.1, 0.15) is 86.5 Å². The van der Waals surface area contributed by atoms with E-state index in [0.717, 1.165) is 25.7 Å². The van der Waals surface area contributed by atoms with Gasteiger partial charge in [-0.05, 0) is 91.3 Å². The van der Waals surface area contributed by atoms with Crippen molar-refractivity contribution in [3.63, 3.8) is 0 Å². The third kappa shape index (κ3) is 3.12. The van der Waals surface area contributed by atoms with Gasteiger partial charge in [0.25, 0.3) is 0 Å². The van der Waals surface area contributed by atoms with Gasteiger partial charge in [0.2, 0.25) is 0 Å². The average Bonchev–Trinajstić information content (AvgIpc) is 2.85. The molecule has 4 saturated carbocycles. The number of fused-ring (bicyclic) bond motifs is 7. The fourth-order valence-electron chi connectivity index (χ4n) is 11.1. The van der Waals surface area contributed by atoms with Gasteiger partial charge in [-0.3, -0.25) is 4.79 Å². The Hall–Kier alpha value is -0.990. The van der Waals surface area contributed by atoms with E-state index in [1.165, 1.54) is 12.7 Å². The molecular formula is C31H50O7. The van der Waals surface area contributed by atoms with E-state index < -0.39 is 40.7 Å². The molecule has 12 atom stereocenters. The second-order valence-electron chi connectivity index (χ2n) is 15.2. The molecule has 0 spiro atoms. The smallest absolute Gasteiger partial charge is 0.314 e. The van der Waals surface area contributed by atoms with Crippen LogP contribution < -0.4 is 0 Å². The van der Waals surface area contributed by atoms with E-state index in [4.69, 9.17) is 4.74 Å². The molecule has 0 heterocycles. The highest BCUT2D eigenvalue weighted by Crippen LogP contribution is 2.75. The predicted octanol–water partition coefficient (Wildman–Crippen LogP) is 3.21. The molecule has 0 aromatic heterocycles. The van der Waals surface area contributed by atoms with Crippen molar-refractivity contribution in [2.45, 2.75) is 111 Å². The van der Waals surface area contributed by atoms with Crippen molar-refractivity contribution in [2.24, 2.45) is 50.2 Å². The Bertz CT molecular complexity index is 1020. The molecule has 5 N–H and O–H groups in total. The molecule has 0 aromatic carbocycles. The number of hydrogen-bond donors (Lipinski definition) is 5. The van der Waals surface area contributed by atoms with Gasteiger partial charge < -0.3 is 30.3 Å². The molecule has 7 nitrogen and oxygen atoms in total. The quantitative estimate of drug-likeness (QED) is 0.272. The first-order valence-corrected chi connectivity index (χ1v) is 14.6. The molecule has 0 unspecified atom stereocenters. The monoisotopic (exact) mass is 534 g/mol. The number of ether oxygens (including phenoxy) is 1. The summed E-state index contributed by atoms with van der Waals surface area (Å²) in [4.78, 5) is 13.1. The van der Waals surface area contributed by atoms with E-state index in [-0.39, 0.29) is 46.6 Å². The normalized spacial score (nSPS) is 55.5. The molecule has 5 rings (SSSR count). The zero-order valence-corrected chi connectivity index (χ0v) is 24.3. The lowest BCUT2D eigenvalue weighted by Crippen LogP contribution is -2.71. The average molecular weight is 535 g/mol. The number of carbonyl (C=O) groups is 1. The Labute approximate surface area is 227 Å². The SMILES string of the molecule is COC(=O)[C@@]1(C)[C@@H]2CC[C@]3(C)[C@@H](CC=C4[C@@H]5CC(C)(C)[C@@H](O)[C@H](O)[C@]5(CO)[C@H](O)C[C@]43C)[C@@]2(C)CC[C@@H]1O. The van der Waals surface area contributed by atoms with Gasteiger partial charge in [-0.2, -0.15) is 0 Å². The van der Waals surface area contributed by atoms with Crippen molar-refractivity contribution in [1.82, 2.24) is 0 Å². The number of carbonyl (C=O) groups excluding carboxylic acids is 1. The van der Waals surface area contributed by atoms with Crippen LogP contribution in [0, 0.1) is 50.2 Å². The summed E-state index contributed by atoms with van der Waals surface area (Å²) in [6.45, 7) is 12.3. The van der Waals surface area contributed by atoms with Crippen molar-refractivity contribution in [1.29, 1.82) is 0 Å². The largest absolute Gasteiger partial charge is 0.469 e. The van der Waals surface area contributed by atoms with Gasteiger partial charge in [0.1, 0.15) is 0 Å². The number of aliphatic hydroxyl groups is 5. The third-order valence-corrected chi connectivity index (χ3v) is 13.7. The molecule has 216 valence electrons. The first kappa shape index (κ1) is 28.5. The Morgan fingerprint density at radius 3 is 2.18 bits per heavy atom. The minimum Gasteiger partial charge on any atom is -0.469 e. The molecule has 7 heteroatoms. The fourth-order valence-corrected chi connectivity index (χ4v) is 11.1. The van der Waals surface area contributed by atoms with Crippen molar-refractivity contribution < 1.29 is 35.1 Å². The summed E-state index contributed by atoms with van der Waals surface area (Å²) in [7, 11) is 1.41. The summed E-state index contributed by atoms with van der Waals surface area (Å²) < 4.78 is 5.25. The summed E-state index contributed by atoms with van der Waals surface area (Å²) in [5.74, 6) is -0.356. The number of aliphatic hydroxyl groups excluding tert-OH is 5. The zero-order chi connectivity index (χ0) is 28.3. The summed E-state index contributed by atoms with van der Waals surface area (Å²) in [6.07, 6.45) is 3.19. The van der Waals surface area contributed by atoms with E-state index >= 15 is 0 Å². The van der Waals surface area contributed by atoms with Crippen LogP contribution in [0.3, 0.4) is 0 Å². The second-order valence-corrected chi connectivity index (χ2v) is 15.2. The maximum absolute atomic E-state index is 13.1. The maximum Gasteiger partial charge on any atom is 0.314 e. The molecule has 0 bridgehead atoms. The van der Waals surface area contributed by atoms with Crippen molar-refractivity contribution >= 4 is 5.97 Å². The highest BCUT2D eigenvalue weighted by atomic mass is 16.5. The van der Waals surface area contributed by atoms with Crippen molar-refractivity contribution in [2.75, 3.05) is 13.7 Å². The summed E-state index contributed by atoms with van der Waals surface area (Å²) in [5, 5.41) is 56.0. The fraction of sp³-hybridized carbons (Fsp3) is 0.903. The highest BCUT2D eigenvalue weighted by molar-refractivity contribution is 5.78. The molecule has 0 amide bonds. The second kappa shape index (κ2) is 8.51. The van der Waals surface area contributed by atoms with Gasteiger partial charge in [-0.1, -0.05) is 46.3 Å². The van der Waals surface area contributed by atoms with Crippen LogP contribution in [0.5, 0.6) is 0 Å². The van der Waals surface area contributed by atoms with Gasteiger partial charge in [0, 0.05) is 0 Å². The highest BCUT2D eigenvalue weighted by Gasteiger charge is 2.73. The van der Waals surface area contributed by atoms with Gasteiger partial charge >= 0.3 is 5.97 Å². The Morgan fingerprint density at radius 2 is 1.58 bits per heavy atom. The number of allylic oxidation sites excluding steroid dienone is 2. The van der Waals surface area contributed by atoms with Crippen LogP contribution in [0.15, 0.2) is 11.6 Å². The molecule has 4 fully saturated rings. The molecule has 38 heavy (non-hydrogen) atoms. The molecule has 0 aromatic rings. The number of rotatable bonds is 2. The lowest BCUT2D eigenvalue weighted by atomic mass is 9.33. The van der Waals surface area contributed by atoms with Crippen molar-refractivity contribution in [3.05, 3.63) is 11.6 Å². The summed E-state index contributed by atoms with van der Waals surface area (Å²) in [5.41, 5.74) is -2.26. The van der Waals surface area contributed by atoms with Crippen LogP contribution in [0.25, 0.3) is 0 Å². The standard InChI is InChI=1S/C31H50O7/c1-26(2)14-18-17-8-9-19-27(3)12-11-21(33)30(6,25(37)38-7)20(27)10-13-28(19,4)29(17,5)15-22(34)31(18,16-32)24(36)23(26)35/h8,18-24,32-36H,9-16H2,1-7H3/t18-,19-,20+,21-,22+,23-,24-,27+,28+,29+,30-,31-/m0/s1. The molecule has 0 radical (unpaired) electrons. The van der Waals surface area contributed by atoms with Gasteiger partial charge in [0.15, 0.2) is 0 Å². The summed E-state index contributed by atoms with van der Waals surface area (Å²) in [6, 6.07) is 0. The minimum atomic E-state index is -1.22. The zero-order valence-electron chi connectivity index (χ0n) is 24.3. The molecule has 5 aliphatic carbocycles. The lowest BCUT2D eigenvalue weighted by Gasteiger charge is -2.72. The maximum atomic E-state index is 13.1. The topological polar surface area (TPSA) is 127 Å². The summed E-state index contributed by atoms with van der Waals surface area (Å²) >= 11 is 0. The lowest BCUT2D eigenvalue weighted by molar-refractivity contribution is -0.258. The van der Waals surface area contributed by atoms with Crippen LogP contribution in [-0.4, -0.2) is 69.6 Å². The minimum absolute atomic E-state index is 0.0153. The molecular weight excluding hydrogens is 484 g/mol. The first-order valence-electron chi connectivity index (χ1n) is 14.6. The van der Waals surface area contributed by atoms with E-state index in [0.29, 0.717) is 19.3 Å². The van der Waals surface area contributed by atoms with E-state index in [1.54, 1.807) is 0 Å². The van der Waals surface area contributed by atoms with E-state index in [2.05, 4.69) is 26.8 Å². The van der Waals surface area contributed by atoms with Crippen LogP contribution in [0.4, 0.5) is 0 Å². The number of esters is 1. The Balaban J connectivity index is 1.63. The molecule has 0 aliphatic heterocycles. The predicted molar refractivity (Wildman–Crippen MR) is 143 cm³/mol. The molecule has 0 saturated heterocycles. The van der Waals surface area contributed by atoms with E-state index in [9.17, 15) is 30.3 Å². The van der Waals surface area contributed by atoms with Gasteiger partial charge in [0.05, 0.1) is 49.0 Å². The van der Waals surface area contributed by atoms with Crippen LogP contribution >= 0.6 is 0 Å². The van der Waals surface area contributed by atoms with Gasteiger partial charge in [-0.25, -0.2) is 0 Å². The number of hydrogen-bond acceptors (Lipinski definition) is 7. The van der Waals surface area contributed by atoms with Crippen LogP contribution in [-0.2, 0) is 9.53 Å². The van der Waals surface area contributed by atoms with Crippen molar-refractivity contribution in [3.8, 4) is 0 Å². The third-order valence-electron chi connectivity index (χ3n) is 13.7.